The zero-order valence-corrected chi connectivity index (χ0v) is 12.4. The number of hydrogen-bond acceptors (Lipinski definition) is 5. The van der Waals surface area contributed by atoms with E-state index in [0.717, 1.165) is 12.0 Å². The number of benzene rings is 1. The lowest BCUT2D eigenvalue weighted by molar-refractivity contribution is -0.147. The molecule has 0 radical (unpaired) electrons. The highest BCUT2D eigenvalue weighted by Gasteiger charge is 2.55. The zero-order chi connectivity index (χ0) is 16.0. The molecule has 3 heterocycles. The van der Waals surface area contributed by atoms with E-state index in [2.05, 4.69) is 5.32 Å². The van der Waals surface area contributed by atoms with Gasteiger partial charge in [-0.2, -0.15) is 0 Å². The van der Waals surface area contributed by atoms with Crippen LogP contribution in [0.1, 0.15) is 18.4 Å². The maximum atomic E-state index is 12.4. The van der Waals surface area contributed by atoms with E-state index in [1.807, 2.05) is 12.1 Å². The average Bonchev–Trinajstić information content (AvgIpc) is 3.25. The van der Waals surface area contributed by atoms with Crippen molar-refractivity contribution in [2.45, 2.75) is 31.6 Å². The van der Waals surface area contributed by atoms with Crippen LogP contribution in [0.5, 0.6) is 11.5 Å². The minimum absolute atomic E-state index is 0.202. The van der Waals surface area contributed by atoms with Crippen LogP contribution in [0.25, 0.3) is 0 Å². The number of rotatable bonds is 4. The van der Waals surface area contributed by atoms with Crippen LogP contribution in [0.3, 0.4) is 0 Å². The number of hydrogen-bond donors (Lipinski definition) is 2. The van der Waals surface area contributed by atoms with E-state index in [9.17, 15) is 14.7 Å². The Hall–Kier alpha value is -2.28. The molecule has 7 heteroatoms. The number of carbonyl (C=O) groups excluding carboxylic acids is 1. The molecule has 7 nitrogen and oxygen atoms in total. The molecular weight excluding hydrogens is 302 g/mol. The lowest BCUT2D eigenvalue weighted by Gasteiger charge is -2.23. The fraction of sp³-hybridized carbons (Fsp3) is 0.500. The van der Waals surface area contributed by atoms with Gasteiger partial charge in [0.2, 0.25) is 12.7 Å². The second-order valence-corrected chi connectivity index (χ2v) is 6.09. The van der Waals surface area contributed by atoms with Crippen molar-refractivity contribution in [1.29, 1.82) is 0 Å². The summed E-state index contributed by atoms with van der Waals surface area (Å²) >= 11 is 0. The number of carboxylic acid groups (broad SMARTS) is 1. The van der Waals surface area contributed by atoms with Crippen molar-refractivity contribution in [3.05, 3.63) is 23.8 Å². The predicted octanol–water partition coefficient (Wildman–Crippen LogP) is 0.910. The molecule has 2 saturated heterocycles. The number of carbonyl (C=O) groups is 2. The van der Waals surface area contributed by atoms with Crippen molar-refractivity contribution in [2.75, 3.05) is 6.79 Å². The Morgan fingerprint density at radius 3 is 2.65 bits per heavy atom. The molecule has 0 aliphatic carbocycles. The first-order valence-corrected chi connectivity index (χ1v) is 7.68. The van der Waals surface area contributed by atoms with Gasteiger partial charge in [0.1, 0.15) is 0 Å². The van der Waals surface area contributed by atoms with Crippen molar-refractivity contribution >= 4 is 11.9 Å². The Balaban J connectivity index is 1.43. The molecule has 0 aromatic heterocycles. The Labute approximate surface area is 132 Å². The van der Waals surface area contributed by atoms with Crippen LogP contribution in [0, 0.1) is 11.8 Å². The smallest absolute Gasteiger partial charge is 0.310 e. The summed E-state index contributed by atoms with van der Waals surface area (Å²) in [5.74, 6) is -1.23. The summed E-state index contributed by atoms with van der Waals surface area (Å²) in [6.45, 7) is 0.517. The second-order valence-electron chi connectivity index (χ2n) is 6.09. The second kappa shape index (κ2) is 5.42. The number of nitrogens with one attached hydrogen (secondary N) is 1. The maximum Gasteiger partial charge on any atom is 0.310 e. The van der Waals surface area contributed by atoms with Gasteiger partial charge < -0.3 is 24.6 Å². The van der Waals surface area contributed by atoms with E-state index in [4.69, 9.17) is 14.2 Å². The van der Waals surface area contributed by atoms with Crippen molar-refractivity contribution in [3.63, 3.8) is 0 Å². The first kappa shape index (κ1) is 14.3. The van der Waals surface area contributed by atoms with Crippen molar-refractivity contribution in [2.24, 2.45) is 11.8 Å². The molecular formula is C16H17NO6. The maximum absolute atomic E-state index is 12.4. The number of fused-ring (bicyclic) bond motifs is 3. The summed E-state index contributed by atoms with van der Waals surface area (Å²) in [4.78, 5) is 23.9. The molecule has 2 N–H and O–H groups in total. The van der Waals surface area contributed by atoms with Crippen LogP contribution < -0.4 is 14.8 Å². The first-order valence-electron chi connectivity index (χ1n) is 7.68. The molecule has 23 heavy (non-hydrogen) atoms. The van der Waals surface area contributed by atoms with Crippen LogP contribution in [-0.2, 0) is 20.9 Å². The third-order valence-electron chi connectivity index (χ3n) is 4.76. The monoisotopic (exact) mass is 319 g/mol. The van der Waals surface area contributed by atoms with E-state index in [-0.39, 0.29) is 24.9 Å². The summed E-state index contributed by atoms with van der Waals surface area (Å²) in [6, 6.07) is 5.46. The van der Waals surface area contributed by atoms with Gasteiger partial charge in [-0.05, 0) is 30.5 Å². The van der Waals surface area contributed by atoms with Crippen LogP contribution in [-0.4, -0.2) is 36.0 Å². The highest BCUT2D eigenvalue weighted by Crippen LogP contribution is 2.43. The minimum atomic E-state index is -0.958. The lowest BCUT2D eigenvalue weighted by Crippen LogP contribution is -2.43. The summed E-state index contributed by atoms with van der Waals surface area (Å²) < 4.78 is 16.2. The molecule has 0 unspecified atom stereocenters. The first-order chi connectivity index (χ1) is 11.1. The van der Waals surface area contributed by atoms with Gasteiger partial charge in [-0.25, -0.2) is 0 Å². The standard InChI is InChI=1S/C16H17NO6/c18-15(13-10-3-4-11(23-10)14(13)16(19)20)17-6-8-1-2-9-12(5-8)22-7-21-9/h1-2,5,10-11,13-14H,3-4,6-7H2,(H,17,18)(H,19,20)/t10-,11-,13-,14-/m1/s1. The lowest BCUT2D eigenvalue weighted by atomic mass is 9.78. The topological polar surface area (TPSA) is 94.1 Å². The highest BCUT2D eigenvalue weighted by atomic mass is 16.7. The van der Waals surface area contributed by atoms with Gasteiger partial charge in [0.15, 0.2) is 11.5 Å². The van der Waals surface area contributed by atoms with E-state index >= 15 is 0 Å². The van der Waals surface area contributed by atoms with E-state index < -0.39 is 17.8 Å². The van der Waals surface area contributed by atoms with Gasteiger partial charge in [-0.1, -0.05) is 6.07 Å². The van der Waals surface area contributed by atoms with E-state index in [1.54, 1.807) is 6.07 Å². The molecule has 3 aliphatic rings. The van der Waals surface area contributed by atoms with Crippen molar-refractivity contribution < 1.29 is 28.9 Å². The molecule has 3 aliphatic heterocycles. The minimum Gasteiger partial charge on any atom is -0.481 e. The largest absolute Gasteiger partial charge is 0.481 e. The molecule has 0 spiro atoms. The average molecular weight is 319 g/mol. The fourth-order valence-electron chi connectivity index (χ4n) is 3.68. The van der Waals surface area contributed by atoms with E-state index in [0.29, 0.717) is 24.5 Å². The predicted molar refractivity (Wildman–Crippen MR) is 76.9 cm³/mol. The van der Waals surface area contributed by atoms with Crippen LogP contribution in [0.4, 0.5) is 0 Å². The molecule has 0 saturated carbocycles. The molecule has 122 valence electrons. The third-order valence-corrected chi connectivity index (χ3v) is 4.76. The molecule has 1 aromatic carbocycles. The summed E-state index contributed by atoms with van der Waals surface area (Å²) in [5, 5.41) is 12.2. The van der Waals surface area contributed by atoms with Crippen molar-refractivity contribution in [1.82, 2.24) is 5.32 Å². The molecule has 1 amide bonds. The Bertz CT molecular complexity index is 660. The Morgan fingerprint density at radius 2 is 1.87 bits per heavy atom. The number of aliphatic carboxylic acids is 1. The summed E-state index contributed by atoms with van der Waals surface area (Å²) in [7, 11) is 0. The molecule has 1 aromatic rings. The summed E-state index contributed by atoms with van der Waals surface area (Å²) in [5.41, 5.74) is 0.874. The quantitative estimate of drug-likeness (QED) is 0.857. The summed E-state index contributed by atoms with van der Waals surface area (Å²) in [6.07, 6.45) is 0.848. The molecule has 4 atom stereocenters. The van der Waals surface area contributed by atoms with Gasteiger partial charge in [0.25, 0.3) is 0 Å². The van der Waals surface area contributed by atoms with Crippen LogP contribution in [0.15, 0.2) is 18.2 Å². The van der Waals surface area contributed by atoms with Crippen molar-refractivity contribution in [3.8, 4) is 11.5 Å². The van der Waals surface area contributed by atoms with Gasteiger partial charge in [0, 0.05) is 6.54 Å². The number of ether oxygens (including phenoxy) is 3. The van der Waals surface area contributed by atoms with E-state index in [1.165, 1.54) is 0 Å². The molecule has 2 bridgehead atoms. The number of carboxylic acids is 1. The van der Waals surface area contributed by atoms with Crippen LogP contribution >= 0.6 is 0 Å². The van der Waals surface area contributed by atoms with Gasteiger partial charge in [-0.3, -0.25) is 9.59 Å². The van der Waals surface area contributed by atoms with Crippen LogP contribution in [0.2, 0.25) is 0 Å². The van der Waals surface area contributed by atoms with Gasteiger partial charge in [0.05, 0.1) is 24.0 Å². The normalized spacial score (nSPS) is 30.4. The third kappa shape index (κ3) is 2.41. The Kier molecular flexibility index (Phi) is 3.37. The fourth-order valence-corrected chi connectivity index (χ4v) is 3.68. The molecule has 4 rings (SSSR count). The van der Waals surface area contributed by atoms with Gasteiger partial charge >= 0.3 is 5.97 Å². The Morgan fingerprint density at radius 1 is 1.13 bits per heavy atom. The SMILES string of the molecule is O=C(O)[C@H]1[C@H](C(=O)NCc2ccc3c(c2)OCO3)[C@H]2CC[C@H]1O2. The zero-order valence-electron chi connectivity index (χ0n) is 12.4. The number of amides is 1. The highest BCUT2D eigenvalue weighted by molar-refractivity contribution is 5.86. The molecule has 2 fully saturated rings. The van der Waals surface area contributed by atoms with Gasteiger partial charge in [-0.15, -0.1) is 0 Å².